The number of amides is 1. The smallest absolute Gasteiger partial charge is 0.260 e. The minimum atomic E-state index is -0.0159. The van der Waals surface area contributed by atoms with Gasteiger partial charge < -0.3 is 19.1 Å². The summed E-state index contributed by atoms with van der Waals surface area (Å²) in [7, 11) is 4.15. The van der Waals surface area contributed by atoms with Gasteiger partial charge in [0.05, 0.1) is 5.52 Å². The van der Waals surface area contributed by atoms with Crippen LogP contribution in [0.2, 0.25) is 0 Å². The number of pyridine rings is 1. The Labute approximate surface area is 172 Å². The van der Waals surface area contributed by atoms with E-state index in [1.165, 1.54) is 0 Å². The van der Waals surface area contributed by atoms with E-state index >= 15 is 0 Å². The van der Waals surface area contributed by atoms with Gasteiger partial charge in [-0.05, 0) is 45.6 Å². The highest BCUT2D eigenvalue weighted by Gasteiger charge is 2.21. The summed E-state index contributed by atoms with van der Waals surface area (Å²) in [5.74, 6) is 0.622. The Balaban J connectivity index is 1.59. The van der Waals surface area contributed by atoms with Crippen molar-refractivity contribution in [1.82, 2.24) is 19.3 Å². The molecule has 0 spiro atoms. The molecule has 1 aromatic heterocycles. The lowest BCUT2D eigenvalue weighted by Gasteiger charge is -2.35. The van der Waals surface area contributed by atoms with Crippen LogP contribution in [0, 0.1) is 6.92 Å². The average molecular weight is 401 g/mol. The monoisotopic (exact) mass is 400 g/mol. The van der Waals surface area contributed by atoms with E-state index in [2.05, 4.69) is 23.9 Å². The maximum atomic E-state index is 12.6. The van der Waals surface area contributed by atoms with E-state index in [4.69, 9.17) is 4.74 Å². The second-order valence-corrected chi connectivity index (χ2v) is 7.90. The van der Waals surface area contributed by atoms with Crippen LogP contribution >= 0.6 is 0 Å². The molecule has 0 aliphatic carbocycles. The third-order valence-corrected chi connectivity index (χ3v) is 5.56. The molecular formula is C22H32N4O3. The van der Waals surface area contributed by atoms with Crippen molar-refractivity contribution < 1.29 is 9.53 Å². The normalized spacial score (nSPS) is 15.3. The lowest BCUT2D eigenvalue weighted by Crippen LogP contribution is -2.51. The van der Waals surface area contributed by atoms with Gasteiger partial charge in [-0.2, -0.15) is 0 Å². The molecule has 1 aromatic carbocycles. The molecule has 1 aliphatic heterocycles. The minimum absolute atomic E-state index is 0.00878. The lowest BCUT2D eigenvalue weighted by atomic mass is 10.1. The van der Waals surface area contributed by atoms with Crippen LogP contribution in [0.3, 0.4) is 0 Å². The fraction of sp³-hybridized carbons (Fsp3) is 0.545. The number of carbonyl (C=O) groups excluding carboxylic acids is 1. The second kappa shape index (κ2) is 9.41. The van der Waals surface area contributed by atoms with Crippen molar-refractivity contribution in [3.63, 3.8) is 0 Å². The molecule has 7 nitrogen and oxygen atoms in total. The minimum Gasteiger partial charge on any atom is -0.484 e. The first-order chi connectivity index (χ1) is 13.9. The SMILES string of the molecule is CCn1c(=O)cc(C)c2ccc(OCC(=O)N3CCN(CCN(C)C)CC3)cc21. The Hall–Kier alpha value is -2.38. The number of benzene rings is 1. The van der Waals surface area contributed by atoms with E-state index in [0.29, 0.717) is 12.3 Å². The quantitative estimate of drug-likeness (QED) is 0.704. The zero-order chi connectivity index (χ0) is 21.0. The molecule has 0 bridgehead atoms. The number of hydrogen-bond donors (Lipinski definition) is 0. The van der Waals surface area contributed by atoms with E-state index < -0.39 is 0 Å². The molecule has 0 atom stereocenters. The molecule has 0 unspecified atom stereocenters. The molecule has 2 heterocycles. The van der Waals surface area contributed by atoms with E-state index in [9.17, 15) is 9.59 Å². The summed E-state index contributed by atoms with van der Waals surface area (Å²) in [5.41, 5.74) is 1.78. The lowest BCUT2D eigenvalue weighted by molar-refractivity contribution is -0.135. The summed E-state index contributed by atoms with van der Waals surface area (Å²) < 4.78 is 7.51. The van der Waals surface area contributed by atoms with Gasteiger partial charge in [0.25, 0.3) is 11.5 Å². The van der Waals surface area contributed by atoms with Crippen molar-refractivity contribution >= 4 is 16.8 Å². The predicted molar refractivity (Wildman–Crippen MR) is 116 cm³/mol. The number of fused-ring (bicyclic) bond motifs is 1. The number of carbonyl (C=O) groups is 1. The summed E-state index contributed by atoms with van der Waals surface area (Å²) in [6.45, 7) is 9.83. The number of hydrogen-bond acceptors (Lipinski definition) is 5. The van der Waals surface area contributed by atoms with Crippen LogP contribution in [0.1, 0.15) is 12.5 Å². The van der Waals surface area contributed by atoms with Crippen LogP contribution in [0.15, 0.2) is 29.1 Å². The van der Waals surface area contributed by atoms with Gasteiger partial charge in [0, 0.05) is 63.3 Å². The molecule has 0 saturated carbocycles. The van der Waals surface area contributed by atoms with Crippen molar-refractivity contribution in [1.29, 1.82) is 0 Å². The molecule has 1 fully saturated rings. The summed E-state index contributed by atoms with van der Waals surface area (Å²) in [6, 6.07) is 7.35. The van der Waals surface area contributed by atoms with E-state index in [0.717, 1.165) is 55.7 Å². The van der Waals surface area contributed by atoms with Gasteiger partial charge in [-0.3, -0.25) is 14.5 Å². The summed E-state index contributed by atoms with van der Waals surface area (Å²) in [6.07, 6.45) is 0. The van der Waals surface area contributed by atoms with E-state index in [-0.39, 0.29) is 18.1 Å². The topological polar surface area (TPSA) is 58.0 Å². The van der Waals surface area contributed by atoms with Crippen LogP contribution in [-0.4, -0.2) is 85.1 Å². The van der Waals surface area contributed by atoms with Crippen molar-refractivity contribution in [3.05, 3.63) is 40.2 Å². The van der Waals surface area contributed by atoms with Crippen LogP contribution in [0.4, 0.5) is 0 Å². The fourth-order valence-electron chi connectivity index (χ4n) is 3.74. The zero-order valence-electron chi connectivity index (χ0n) is 18.0. The van der Waals surface area contributed by atoms with Crippen molar-refractivity contribution in [3.8, 4) is 5.75 Å². The summed E-state index contributed by atoms with van der Waals surface area (Å²) in [5, 5.41) is 1.03. The van der Waals surface area contributed by atoms with Crippen molar-refractivity contribution in [2.24, 2.45) is 0 Å². The molecule has 29 heavy (non-hydrogen) atoms. The first-order valence-corrected chi connectivity index (χ1v) is 10.3. The molecular weight excluding hydrogens is 368 g/mol. The Kier molecular flexibility index (Phi) is 6.92. The maximum absolute atomic E-state index is 12.6. The first-order valence-electron chi connectivity index (χ1n) is 10.3. The first kappa shape index (κ1) is 21.3. The van der Waals surface area contributed by atoms with Crippen LogP contribution in [0.25, 0.3) is 10.9 Å². The number of aromatic nitrogens is 1. The van der Waals surface area contributed by atoms with Gasteiger partial charge in [-0.25, -0.2) is 0 Å². The molecule has 158 valence electrons. The van der Waals surface area contributed by atoms with Gasteiger partial charge in [-0.15, -0.1) is 0 Å². The summed E-state index contributed by atoms with van der Waals surface area (Å²) in [4.78, 5) is 31.2. The van der Waals surface area contributed by atoms with E-state index in [1.54, 1.807) is 10.6 Å². The largest absolute Gasteiger partial charge is 0.484 e. The molecule has 0 radical (unpaired) electrons. The van der Waals surface area contributed by atoms with Gasteiger partial charge in [0.15, 0.2) is 6.61 Å². The molecule has 2 aromatic rings. The third kappa shape index (κ3) is 5.16. The highest BCUT2D eigenvalue weighted by molar-refractivity contribution is 5.84. The number of rotatable bonds is 7. The van der Waals surface area contributed by atoms with E-state index in [1.807, 2.05) is 36.9 Å². The maximum Gasteiger partial charge on any atom is 0.260 e. The zero-order valence-corrected chi connectivity index (χ0v) is 18.0. The average Bonchev–Trinajstić information content (AvgIpc) is 2.71. The van der Waals surface area contributed by atoms with Gasteiger partial charge >= 0.3 is 0 Å². The fourth-order valence-corrected chi connectivity index (χ4v) is 3.74. The number of ether oxygens (including phenoxy) is 1. The Morgan fingerprint density at radius 1 is 1.14 bits per heavy atom. The van der Waals surface area contributed by atoms with Gasteiger partial charge in [0.2, 0.25) is 0 Å². The van der Waals surface area contributed by atoms with Crippen LogP contribution in [0.5, 0.6) is 5.75 Å². The highest BCUT2D eigenvalue weighted by Crippen LogP contribution is 2.22. The second-order valence-electron chi connectivity index (χ2n) is 7.90. The number of likely N-dealkylation sites (N-methyl/N-ethyl adjacent to an activating group) is 1. The van der Waals surface area contributed by atoms with Crippen LogP contribution < -0.4 is 10.3 Å². The number of piperazine rings is 1. The van der Waals surface area contributed by atoms with Crippen molar-refractivity contribution in [2.75, 3.05) is 60.0 Å². The third-order valence-electron chi connectivity index (χ3n) is 5.56. The van der Waals surface area contributed by atoms with Crippen LogP contribution in [-0.2, 0) is 11.3 Å². The molecule has 1 saturated heterocycles. The molecule has 3 rings (SSSR count). The molecule has 7 heteroatoms. The molecule has 0 N–H and O–H groups in total. The number of aryl methyl sites for hydroxylation is 2. The molecule has 1 aliphatic rings. The van der Waals surface area contributed by atoms with Gasteiger partial charge in [-0.1, -0.05) is 0 Å². The summed E-state index contributed by atoms with van der Waals surface area (Å²) >= 11 is 0. The molecule has 1 amide bonds. The highest BCUT2D eigenvalue weighted by atomic mass is 16.5. The Bertz CT molecular complexity index is 914. The predicted octanol–water partition coefficient (Wildman–Crippen LogP) is 1.41. The van der Waals surface area contributed by atoms with Gasteiger partial charge in [0.1, 0.15) is 5.75 Å². The standard InChI is InChI=1S/C22H32N4O3/c1-5-26-20-15-18(6-7-19(20)17(2)14-21(26)27)29-16-22(28)25-12-10-24(11-13-25)9-8-23(3)4/h6-7,14-15H,5,8-13,16H2,1-4H3. The Morgan fingerprint density at radius 3 is 2.52 bits per heavy atom. The number of nitrogens with zero attached hydrogens (tertiary/aromatic N) is 4. The Morgan fingerprint density at radius 2 is 1.86 bits per heavy atom. The van der Waals surface area contributed by atoms with Crippen molar-refractivity contribution in [2.45, 2.75) is 20.4 Å².